The van der Waals surface area contributed by atoms with Gasteiger partial charge < -0.3 is 24.1 Å². The van der Waals surface area contributed by atoms with Gasteiger partial charge in [0.25, 0.3) is 0 Å². The number of ether oxygens (including phenoxy) is 4. The molecule has 0 saturated heterocycles. The maximum atomic E-state index is 12.6. The Kier molecular flexibility index (Phi) is 5.03. The number of Topliss-reactive ketones (excluding diaryl/α,β-unsaturated/α-hetero) is 1. The van der Waals surface area contributed by atoms with E-state index in [4.69, 9.17) is 24.1 Å². The number of benzene rings is 2. The second-order valence-electron chi connectivity index (χ2n) is 5.80. The fraction of sp³-hybridized carbons (Fsp3) is 0.200. The molecule has 1 N–H and O–H groups in total. The predicted octanol–water partition coefficient (Wildman–Crippen LogP) is 3.17. The van der Waals surface area contributed by atoms with E-state index in [1.807, 2.05) is 0 Å². The maximum absolute atomic E-state index is 12.6. The van der Waals surface area contributed by atoms with Crippen LogP contribution in [-0.4, -0.2) is 37.2 Å². The van der Waals surface area contributed by atoms with Crippen molar-refractivity contribution in [1.82, 2.24) is 0 Å². The van der Waals surface area contributed by atoms with E-state index in [0.717, 1.165) is 0 Å². The fourth-order valence-corrected chi connectivity index (χ4v) is 2.57. The number of methoxy groups -OCH3 is 2. The van der Waals surface area contributed by atoms with Gasteiger partial charge in [-0.2, -0.15) is 0 Å². The highest BCUT2D eigenvalue weighted by Crippen LogP contribution is 2.36. The zero-order valence-electron chi connectivity index (χ0n) is 15.0. The third-order valence-corrected chi connectivity index (χ3v) is 4.03. The number of fused-ring (bicyclic) bond motifs is 1. The summed E-state index contributed by atoms with van der Waals surface area (Å²) in [7, 11) is 3.08. The monoisotopic (exact) mass is 370 g/mol. The molecule has 0 saturated carbocycles. The number of carbonyl (C=O) groups excluding carboxylic acids is 1. The van der Waals surface area contributed by atoms with Gasteiger partial charge in [0.05, 0.1) is 19.8 Å². The van der Waals surface area contributed by atoms with Crippen molar-refractivity contribution in [3.8, 4) is 23.0 Å². The summed E-state index contributed by atoms with van der Waals surface area (Å²) >= 11 is 0. The van der Waals surface area contributed by atoms with Gasteiger partial charge in [0.1, 0.15) is 23.0 Å². The number of carboxylic acids is 1. The molecule has 0 fully saturated rings. The number of carboxylic acid groups (broad SMARTS) is 1. The summed E-state index contributed by atoms with van der Waals surface area (Å²) in [5.74, 6) is 0.560. The van der Waals surface area contributed by atoms with E-state index >= 15 is 0 Å². The minimum atomic E-state index is -1.08. The molecule has 140 valence electrons. The van der Waals surface area contributed by atoms with E-state index in [-0.39, 0.29) is 11.5 Å². The van der Waals surface area contributed by atoms with Crippen molar-refractivity contribution < 1.29 is 33.6 Å². The zero-order chi connectivity index (χ0) is 19.6. The molecule has 1 aliphatic rings. The number of ketones is 1. The van der Waals surface area contributed by atoms with E-state index in [1.54, 1.807) is 37.5 Å². The second kappa shape index (κ2) is 7.41. The average Bonchev–Trinajstić information content (AvgIpc) is 2.97. The van der Waals surface area contributed by atoms with Crippen LogP contribution in [0, 0.1) is 0 Å². The van der Waals surface area contributed by atoms with Crippen molar-refractivity contribution in [2.45, 2.75) is 13.0 Å². The molecule has 1 atom stereocenters. The molecule has 0 radical (unpaired) electrons. The zero-order valence-corrected chi connectivity index (χ0v) is 15.0. The summed E-state index contributed by atoms with van der Waals surface area (Å²) < 4.78 is 21.5. The molecule has 7 heteroatoms. The van der Waals surface area contributed by atoms with Gasteiger partial charge in [-0.05, 0) is 37.3 Å². The highest BCUT2D eigenvalue weighted by atomic mass is 16.5. The van der Waals surface area contributed by atoms with E-state index in [1.165, 1.54) is 26.2 Å². The first-order chi connectivity index (χ1) is 12.9. The van der Waals surface area contributed by atoms with E-state index in [9.17, 15) is 9.59 Å². The lowest BCUT2D eigenvalue weighted by molar-refractivity contribution is -0.144. The molecule has 0 spiro atoms. The first-order valence-electron chi connectivity index (χ1n) is 8.12. The molecule has 2 aromatic carbocycles. The Hall–Kier alpha value is -3.48. The number of carbonyl (C=O) groups is 2. The molecule has 0 amide bonds. The molecule has 2 aromatic rings. The van der Waals surface area contributed by atoms with Crippen LogP contribution in [0.2, 0.25) is 0 Å². The van der Waals surface area contributed by atoms with Gasteiger partial charge in [0.2, 0.25) is 5.78 Å². The second-order valence-corrected chi connectivity index (χ2v) is 5.80. The van der Waals surface area contributed by atoms with Crippen molar-refractivity contribution >= 4 is 17.8 Å². The standard InChI is InChI=1S/C20H18O7/c1-11(20(22)23)26-14-6-7-15-17(10-14)27-18(19(15)21)8-12-4-5-13(24-2)9-16(12)25-3/h4-11H,1-3H3,(H,22,23)/b18-8-/t11-/m0/s1. The van der Waals surface area contributed by atoms with Crippen LogP contribution >= 0.6 is 0 Å². The SMILES string of the molecule is COc1ccc(/C=C2\Oc3cc(O[C@@H](C)C(=O)O)ccc3C2=O)c(OC)c1. The van der Waals surface area contributed by atoms with Gasteiger partial charge in [-0.25, -0.2) is 4.79 Å². The molecule has 27 heavy (non-hydrogen) atoms. The van der Waals surface area contributed by atoms with E-state index in [2.05, 4.69) is 0 Å². The van der Waals surface area contributed by atoms with Crippen LogP contribution in [0.15, 0.2) is 42.2 Å². The Morgan fingerprint density at radius 3 is 2.52 bits per heavy atom. The van der Waals surface area contributed by atoms with E-state index in [0.29, 0.717) is 34.1 Å². The summed E-state index contributed by atoms with van der Waals surface area (Å²) in [5, 5.41) is 8.93. The van der Waals surface area contributed by atoms with Crippen molar-refractivity contribution in [3.05, 3.63) is 53.3 Å². The number of hydrogen-bond donors (Lipinski definition) is 1. The van der Waals surface area contributed by atoms with Gasteiger partial charge in [-0.3, -0.25) is 4.79 Å². The Labute approximate surface area is 155 Å². The molecule has 0 aromatic heterocycles. The van der Waals surface area contributed by atoms with Crippen LogP contribution in [0.1, 0.15) is 22.8 Å². The number of rotatable bonds is 6. The number of aliphatic carboxylic acids is 1. The predicted molar refractivity (Wildman–Crippen MR) is 96.6 cm³/mol. The lowest BCUT2D eigenvalue weighted by Gasteiger charge is -2.10. The van der Waals surface area contributed by atoms with Crippen molar-refractivity contribution in [3.63, 3.8) is 0 Å². The Balaban J connectivity index is 1.88. The highest BCUT2D eigenvalue weighted by molar-refractivity contribution is 6.14. The van der Waals surface area contributed by atoms with Gasteiger partial charge in [0, 0.05) is 17.7 Å². The minimum absolute atomic E-state index is 0.136. The highest BCUT2D eigenvalue weighted by Gasteiger charge is 2.28. The molecule has 0 bridgehead atoms. The smallest absolute Gasteiger partial charge is 0.344 e. The summed E-state index contributed by atoms with van der Waals surface area (Å²) in [6, 6.07) is 9.80. The molecular formula is C20H18O7. The van der Waals surface area contributed by atoms with Crippen LogP contribution < -0.4 is 18.9 Å². The van der Waals surface area contributed by atoms with Gasteiger partial charge >= 0.3 is 5.97 Å². The molecular weight excluding hydrogens is 352 g/mol. The maximum Gasteiger partial charge on any atom is 0.344 e. The number of hydrogen-bond acceptors (Lipinski definition) is 6. The molecule has 1 heterocycles. The lowest BCUT2D eigenvalue weighted by atomic mass is 10.1. The third kappa shape index (κ3) is 3.72. The number of allylic oxidation sites excluding steroid dienone is 1. The van der Waals surface area contributed by atoms with Gasteiger partial charge in [-0.15, -0.1) is 0 Å². The topological polar surface area (TPSA) is 91.3 Å². The summed E-state index contributed by atoms with van der Waals surface area (Å²) in [4.78, 5) is 23.5. The Bertz CT molecular complexity index is 930. The van der Waals surface area contributed by atoms with Crippen LogP contribution in [0.4, 0.5) is 0 Å². The average molecular weight is 370 g/mol. The van der Waals surface area contributed by atoms with Crippen LogP contribution in [0.3, 0.4) is 0 Å². The quantitative estimate of drug-likeness (QED) is 0.781. The third-order valence-electron chi connectivity index (χ3n) is 4.03. The van der Waals surface area contributed by atoms with Gasteiger partial charge in [-0.1, -0.05) is 0 Å². The Morgan fingerprint density at radius 2 is 1.85 bits per heavy atom. The van der Waals surface area contributed by atoms with Crippen LogP contribution in [0.5, 0.6) is 23.0 Å². The molecule has 0 aliphatic carbocycles. The first-order valence-corrected chi connectivity index (χ1v) is 8.12. The summed E-state index contributed by atoms with van der Waals surface area (Å²) in [6.45, 7) is 1.42. The molecule has 3 rings (SSSR count). The largest absolute Gasteiger partial charge is 0.497 e. The summed E-state index contributed by atoms with van der Waals surface area (Å²) in [6.07, 6.45) is 0.569. The van der Waals surface area contributed by atoms with Crippen LogP contribution in [-0.2, 0) is 4.79 Å². The molecule has 1 aliphatic heterocycles. The van der Waals surface area contributed by atoms with Crippen LogP contribution in [0.25, 0.3) is 6.08 Å². The van der Waals surface area contributed by atoms with Crippen molar-refractivity contribution in [1.29, 1.82) is 0 Å². The lowest BCUT2D eigenvalue weighted by Crippen LogP contribution is -2.22. The first kappa shape index (κ1) is 18.3. The Morgan fingerprint density at radius 1 is 1.11 bits per heavy atom. The normalized spacial score (nSPS) is 15.1. The molecule has 7 nitrogen and oxygen atoms in total. The van der Waals surface area contributed by atoms with Crippen molar-refractivity contribution in [2.24, 2.45) is 0 Å². The fourth-order valence-electron chi connectivity index (χ4n) is 2.57. The molecule has 0 unspecified atom stereocenters. The van der Waals surface area contributed by atoms with Crippen molar-refractivity contribution in [2.75, 3.05) is 14.2 Å². The summed E-state index contributed by atoms with van der Waals surface area (Å²) in [5.41, 5.74) is 1.04. The van der Waals surface area contributed by atoms with Gasteiger partial charge in [0.15, 0.2) is 11.9 Å². The minimum Gasteiger partial charge on any atom is -0.497 e. The van der Waals surface area contributed by atoms with E-state index < -0.39 is 12.1 Å².